The number of rotatable bonds is 5. The van der Waals surface area contributed by atoms with Crippen LogP contribution in [0.3, 0.4) is 0 Å². The summed E-state index contributed by atoms with van der Waals surface area (Å²) in [5.74, 6) is -0.833. The predicted octanol–water partition coefficient (Wildman–Crippen LogP) is 3.43. The zero-order chi connectivity index (χ0) is 25.9. The van der Waals surface area contributed by atoms with Crippen molar-refractivity contribution in [3.05, 3.63) is 59.2 Å². The molecule has 0 aliphatic carbocycles. The summed E-state index contributed by atoms with van der Waals surface area (Å²) in [5, 5.41) is 11.7. The Balaban J connectivity index is 1.46. The fourth-order valence-corrected chi connectivity index (χ4v) is 4.45. The molecule has 3 aromatic rings. The molecule has 1 unspecified atom stereocenters. The van der Waals surface area contributed by atoms with Gasteiger partial charge in [-0.3, -0.25) is 4.90 Å². The van der Waals surface area contributed by atoms with Gasteiger partial charge in [-0.15, -0.1) is 0 Å². The summed E-state index contributed by atoms with van der Waals surface area (Å²) in [5.41, 5.74) is -3.28. The van der Waals surface area contributed by atoms with Gasteiger partial charge in [-0.05, 0) is 17.7 Å². The van der Waals surface area contributed by atoms with Crippen molar-refractivity contribution in [2.75, 3.05) is 31.5 Å². The number of anilines is 1. The van der Waals surface area contributed by atoms with Gasteiger partial charge in [-0.1, -0.05) is 12.1 Å². The summed E-state index contributed by atoms with van der Waals surface area (Å²) in [6.07, 6.45) is -9.79. The Morgan fingerprint density at radius 1 is 1.03 bits per heavy atom. The lowest BCUT2D eigenvalue weighted by Gasteiger charge is -2.50. The summed E-state index contributed by atoms with van der Waals surface area (Å²) >= 11 is 0. The molecule has 5 rings (SSSR count). The lowest BCUT2D eigenvalue weighted by molar-refractivity contribution is -0.142. The van der Waals surface area contributed by atoms with Gasteiger partial charge in [-0.25, -0.2) is 14.2 Å². The summed E-state index contributed by atoms with van der Waals surface area (Å²) < 4.78 is 93.9. The predicted molar refractivity (Wildman–Crippen MR) is 111 cm³/mol. The monoisotopic (exact) mass is 517 g/mol. The fraction of sp³-hybridized carbons (Fsp3) is 0.381. The van der Waals surface area contributed by atoms with Crippen LogP contribution in [0.15, 0.2) is 36.4 Å². The molecule has 0 saturated carbocycles. The summed E-state index contributed by atoms with van der Waals surface area (Å²) in [4.78, 5) is 16.8. The molecule has 8 nitrogen and oxygen atoms in total. The Labute approximate surface area is 198 Å². The number of nitrogens with one attached hydrogen (secondary N) is 3. The topological polar surface area (TPSA) is 86.6 Å². The van der Waals surface area contributed by atoms with Crippen molar-refractivity contribution in [1.82, 2.24) is 30.1 Å². The number of alkyl halides is 6. The first-order chi connectivity index (χ1) is 16.8. The third-order valence-electron chi connectivity index (χ3n) is 6.16. The molecule has 2 saturated heterocycles. The van der Waals surface area contributed by atoms with E-state index in [1.807, 2.05) is 4.90 Å². The number of halogens is 7. The van der Waals surface area contributed by atoms with E-state index in [0.29, 0.717) is 41.8 Å². The van der Waals surface area contributed by atoms with E-state index < -0.39 is 46.8 Å². The first kappa shape index (κ1) is 24.1. The Morgan fingerprint density at radius 2 is 1.69 bits per heavy atom. The normalized spacial score (nSPS) is 18.7. The first-order valence-electron chi connectivity index (χ1n) is 10.7. The van der Waals surface area contributed by atoms with E-state index in [4.69, 9.17) is 0 Å². The second-order valence-electron chi connectivity index (χ2n) is 8.76. The van der Waals surface area contributed by atoms with E-state index in [-0.39, 0.29) is 18.4 Å². The van der Waals surface area contributed by atoms with E-state index in [2.05, 4.69) is 26.0 Å². The number of nitrogens with zero attached hydrogens (tertiary/aromatic N) is 4. The Kier molecular flexibility index (Phi) is 5.50. The van der Waals surface area contributed by atoms with Crippen LogP contribution in [-0.2, 0) is 12.4 Å². The number of benzene rings is 1. The average Bonchev–Trinajstić information content (AvgIpc) is 3.38. The smallest absolute Gasteiger partial charge is 0.368 e. The molecule has 1 atom stereocenters. The van der Waals surface area contributed by atoms with Crippen molar-refractivity contribution in [1.29, 1.82) is 0 Å². The SMILES string of the molecule is O=C1NCC2(CN(C(CNc3cc(C(F)(F)F)nc4cc(C(F)(F)F)nn34)c3ccc(F)cc3)C2)N1. The van der Waals surface area contributed by atoms with Gasteiger partial charge >= 0.3 is 18.4 Å². The van der Waals surface area contributed by atoms with Crippen LogP contribution in [0.2, 0.25) is 0 Å². The molecular formula is C21H18F7N7O. The molecule has 2 aliphatic rings. The lowest BCUT2D eigenvalue weighted by atomic mass is 9.87. The van der Waals surface area contributed by atoms with Gasteiger partial charge in [0.1, 0.15) is 11.6 Å². The number of likely N-dealkylation sites (tertiary alicyclic amines) is 1. The summed E-state index contributed by atoms with van der Waals surface area (Å²) in [6, 6.07) is 5.67. The highest BCUT2D eigenvalue weighted by Gasteiger charge is 2.50. The van der Waals surface area contributed by atoms with E-state index in [9.17, 15) is 35.5 Å². The number of carbonyl (C=O) groups is 1. The summed E-state index contributed by atoms with van der Waals surface area (Å²) in [6.45, 7) is 1.13. The Bertz CT molecular complexity index is 1300. The highest BCUT2D eigenvalue weighted by atomic mass is 19.4. The maximum Gasteiger partial charge on any atom is 0.435 e. The highest BCUT2D eigenvalue weighted by Crippen LogP contribution is 2.35. The number of hydrogen-bond donors (Lipinski definition) is 3. The van der Waals surface area contributed by atoms with Crippen LogP contribution in [0.25, 0.3) is 5.65 Å². The molecule has 3 N–H and O–H groups in total. The molecule has 0 radical (unpaired) electrons. The van der Waals surface area contributed by atoms with Gasteiger partial charge in [0.05, 0.1) is 11.6 Å². The Morgan fingerprint density at radius 3 is 2.28 bits per heavy atom. The average molecular weight is 517 g/mol. The summed E-state index contributed by atoms with van der Waals surface area (Å²) in [7, 11) is 0. The van der Waals surface area contributed by atoms with Gasteiger partial charge < -0.3 is 16.0 Å². The molecule has 1 spiro atoms. The molecule has 2 amide bonds. The van der Waals surface area contributed by atoms with Crippen molar-refractivity contribution in [2.45, 2.75) is 23.9 Å². The van der Waals surface area contributed by atoms with E-state index >= 15 is 0 Å². The molecule has 0 bridgehead atoms. The molecule has 4 heterocycles. The third kappa shape index (κ3) is 4.50. The molecule has 36 heavy (non-hydrogen) atoms. The van der Waals surface area contributed by atoms with Crippen LogP contribution < -0.4 is 16.0 Å². The molecule has 2 aliphatic heterocycles. The quantitative estimate of drug-likeness (QED) is 0.452. The van der Waals surface area contributed by atoms with Gasteiger partial charge in [-0.2, -0.15) is 36.0 Å². The maximum atomic E-state index is 13.5. The van der Waals surface area contributed by atoms with Crippen molar-refractivity contribution < 1.29 is 35.5 Å². The van der Waals surface area contributed by atoms with Gasteiger partial charge in [0.15, 0.2) is 17.0 Å². The highest BCUT2D eigenvalue weighted by molar-refractivity contribution is 5.78. The van der Waals surface area contributed by atoms with E-state index in [1.54, 1.807) is 0 Å². The van der Waals surface area contributed by atoms with Crippen molar-refractivity contribution >= 4 is 17.5 Å². The van der Waals surface area contributed by atoms with E-state index in [0.717, 1.165) is 0 Å². The molecule has 192 valence electrons. The zero-order valence-electron chi connectivity index (χ0n) is 18.2. The number of urea groups is 1. The fourth-order valence-electron chi connectivity index (χ4n) is 4.45. The van der Waals surface area contributed by atoms with Crippen molar-refractivity contribution in [3.8, 4) is 0 Å². The number of hydrogen-bond acceptors (Lipinski definition) is 5. The van der Waals surface area contributed by atoms with Gasteiger partial charge in [0, 0.05) is 38.3 Å². The molecule has 15 heteroatoms. The second kappa shape index (κ2) is 8.21. The first-order valence-corrected chi connectivity index (χ1v) is 10.7. The van der Waals surface area contributed by atoms with Crippen LogP contribution in [0, 0.1) is 5.82 Å². The number of fused-ring (bicyclic) bond motifs is 1. The molecular weight excluding hydrogens is 499 g/mol. The standard InChI is InChI=1S/C21H18F7N7O/c22-12-3-1-11(2-4-12)13(34-9-19(10-34)8-30-18(36)32-19)7-29-16-5-14(20(23,24)25)31-17-6-15(21(26,27)28)33-35(16)17/h1-6,13,29H,7-10H2,(H2,30,32,36). The minimum atomic E-state index is -4.91. The van der Waals surface area contributed by atoms with Gasteiger partial charge in [0.2, 0.25) is 0 Å². The van der Waals surface area contributed by atoms with Crippen LogP contribution in [0.5, 0.6) is 0 Å². The Hall–Kier alpha value is -3.62. The van der Waals surface area contributed by atoms with Crippen LogP contribution in [-0.4, -0.2) is 57.2 Å². The van der Waals surface area contributed by atoms with Crippen molar-refractivity contribution in [3.63, 3.8) is 0 Å². The van der Waals surface area contributed by atoms with Crippen LogP contribution >= 0.6 is 0 Å². The third-order valence-corrected chi connectivity index (χ3v) is 6.16. The van der Waals surface area contributed by atoms with Crippen LogP contribution in [0.1, 0.15) is 23.0 Å². The minimum absolute atomic E-state index is 0.0549. The van der Waals surface area contributed by atoms with Crippen molar-refractivity contribution in [2.24, 2.45) is 0 Å². The molecule has 1 aromatic carbocycles. The second-order valence-corrected chi connectivity index (χ2v) is 8.76. The number of aromatic nitrogens is 3. The maximum absolute atomic E-state index is 13.5. The number of carbonyl (C=O) groups excluding carboxylic acids is 1. The molecule has 2 fully saturated rings. The van der Waals surface area contributed by atoms with Crippen LogP contribution in [0.4, 0.5) is 41.3 Å². The largest absolute Gasteiger partial charge is 0.435 e. The lowest BCUT2D eigenvalue weighted by Crippen LogP contribution is -2.69. The number of amides is 2. The molecule has 2 aromatic heterocycles. The minimum Gasteiger partial charge on any atom is -0.368 e. The van der Waals surface area contributed by atoms with E-state index in [1.165, 1.54) is 24.3 Å². The van der Waals surface area contributed by atoms with Gasteiger partial charge in [0.25, 0.3) is 0 Å². The zero-order valence-corrected chi connectivity index (χ0v) is 18.2.